The molecule has 4 aromatic rings. The monoisotopic (exact) mass is 612 g/mol. The van der Waals surface area contributed by atoms with Crippen LogP contribution in [-0.2, 0) is 28.1 Å². The van der Waals surface area contributed by atoms with E-state index < -0.39 is 0 Å². The molecule has 1 aliphatic heterocycles. The van der Waals surface area contributed by atoms with Gasteiger partial charge in [-0.3, -0.25) is 9.59 Å². The Morgan fingerprint density at radius 2 is 1.48 bits per heavy atom. The molecule has 0 saturated carbocycles. The van der Waals surface area contributed by atoms with Gasteiger partial charge in [-0.25, -0.2) is 0 Å². The van der Waals surface area contributed by atoms with Crippen LogP contribution in [0.4, 0.5) is 0 Å². The van der Waals surface area contributed by atoms with Gasteiger partial charge in [-0.2, -0.15) is 0 Å². The number of amides is 2. The van der Waals surface area contributed by atoms with Gasteiger partial charge in [0.05, 0.1) is 11.6 Å². The lowest BCUT2D eigenvalue weighted by Gasteiger charge is -2.42. The fourth-order valence-electron chi connectivity index (χ4n) is 6.37. The number of halogens is 1. The van der Waals surface area contributed by atoms with Crippen LogP contribution in [-0.4, -0.2) is 60.9 Å². The van der Waals surface area contributed by atoms with Gasteiger partial charge in [0.1, 0.15) is 0 Å². The van der Waals surface area contributed by atoms with Gasteiger partial charge in [-0.1, -0.05) is 103 Å². The predicted molar refractivity (Wildman–Crippen MR) is 182 cm³/mol. The van der Waals surface area contributed by atoms with Gasteiger partial charge >= 0.3 is 0 Å². The van der Waals surface area contributed by atoms with Gasteiger partial charge < -0.3 is 20.4 Å². The van der Waals surface area contributed by atoms with Crippen molar-refractivity contribution in [1.29, 1.82) is 0 Å². The average Bonchev–Trinajstić information content (AvgIpc) is 3.03. The van der Waals surface area contributed by atoms with Crippen LogP contribution in [0.2, 0.25) is 0 Å². The van der Waals surface area contributed by atoms with Gasteiger partial charge in [0.25, 0.3) is 0 Å². The number of hydrogen-bond acceptors (Lipinski definition) is 4. The highest BCUT2D eigenvalue weighted by atomic mass is 35.5. The Kier molecular flexibility index (Phi) is 12.0. The molecule has 0 radical (unpaired) electrons. The molecule has 0 aromatic heterocycles. The smallest absolute Gasteiger partial charge is 0.240 e. The number of rotatable bonds is 12. The van der Waals surface area contributed by atoms with Gasteiger partial charge in [0, 0.05) is 33.6 Å². The first-order chi connectivity index (χ1) is 20.9. The Bertz CT molecular complexity index is 1490. The van der Waals surface area contributed by atoms with Crippen molar-refractivity contribution in [3.63, 3.8) is 0 Å². The van der Waals surface area contributed by atoms with E-state index in [9.17, 15) is 9.59 Å². The van der Waals surface area contributed by atoms with Crippen molar-refractivity contribution in [3.05, 3.63) is 120 Å². The van der Waals surface area contributed by atoms with E-state index in [0.717, 1.165) is 56.6 Å². The second-order valence-corrected chi connectivity index (χ2v) is 11.9. The Labute approximate surface area is 268 Å². The summed E-state index contributed by atoms with van der Waals surface area (Å²) in [6.45, 7) is 5.75. The van der Waals surface area contributed by atoms with E-state index >= 15 is 0 Å². The fraction of sp³-hybridized carbons (Fsp3) is 0.351. The summed E-state index contributed by atoms with van der Waals surface area (Å²) in [7, 11) is 1.90. The number of likely N-dealkylation sites (tertiary alicyclic amines) is 1. The first-order valence-electron chi connectivity index (χ1n) is 15.5. The molecule has 7 heteroatoms. The van der Waals surface area contributed by atoms with E-state index in [0.29, 0.717) is 13.0 Å². The maximum absolute atomic E-state index is 13.7. The molecule has 5 rings (SSSR count). The minimum absolute atomic E-state index is 0. The van der Waals surface area contributed by atoms with Crippen molar-refractivity contribution in [3.8, 4) is 0 Å². The maximum atomic E-state index is 13.7. The molecule has 1 aliphatic rings. The summed E-state index contributed by atoms with van der Waals surface area (Å²) >= 11 is 0. The standard InChI is InChI=1S/C37H44N4O2.ClH/c1-29(42)39-37(34-16-7-4-8-17-34)20-24-41(25-21-37)23-11-22-38-35(36(43)40(2)28-30-12-5-3-6-13-30)27-31-18-19-32-14-9-10-15-33(32)26-31;/h3-10,12-19,26,35,38H,11,20-25,27-28H2,1-2H3,(H,39,42);1H/t35-;/m0./s1. The Morgan fingerprint density at radius 3 is 2.16 bits per heavy atom. The minimum atomic E-state index is -0.304. The van der Waals surface area contributed by atoms with Crippen LogP contribution >= 0.6 is 12.4 Å². The van der Waals surface area contributed by atoms with E-state index in [1.807, 2.05) is 48.3 Å². The molecule has 1 atom stereocenters. The second-order valence-electron chi connectivity index (χ2n) is 11.9. The van der Waals surface area contributed by atoms with Crippen molar-refractivity contribution in [2.24, 2.45) is 0 Å². The number of hydrogen-bond donors (Lipinski definition) is 2. The van der Waals surface area contributed by atoms with Crippen LogP contribution in [0.15, 0.2) is 103 Å². The molecule has 1 saturated heterocycles. The van der Waals surface area contributed by atoms with E-state index in [2.05, 4.69) is 82.3 Å². The van der Waals surface area contributed by atoms with E-state index in [1.165, 1.54) is 16.3 Å². The van der Waals surface area contributed by atoms with Gasteiger partial charge in [0.15, 0.2) is 0 Å². The van der Waals surface area contributed by atoms with Gasteiger partial charge in [-0.15, -0.1) is 12.4 Å². The average molecular weight is 613 g/mol. The molecule has 1 fully saturated rings. The topological polar surface area (TPSA) is 64.7 Å². The van der Waals surface area contributed by atoms with Crippen LogP contribution in [0, 0.1) is 0 Å². The fourth-order valence-corrected chi connectivity index (χ4v) is 6.37. The summed E-state index contributed by atoms with van der Waals surface area (Å²) < 4.78 is 0. The molecule has 2 amide bonds. The number of carbonyl (C=O) groups excluding carboxylic acids is 2. The van der Waals surface area contributed by atoms with Crippen LogP contribution in [0.25, 0.3) is 10.8 Å². The first kappa shape index (κ1) is 33.2. The lowest BCUT2D eigenvalue weighted by Crippen LogP contribution is -2.53. The number of benzene rings is 4. The predicted octanol–water partition coefficient (Wildman–Crippen LogP) is 5.94. The molecular formula is C37H45ClN4O2. The number of nitrogens with one attached hydrogen (secondary N) is 2. The molecular weight excluding hydrogens is 568 g/mol. The Balaban J connectivity index is 0.00000442. The van der Waals surface area contributed by atoms with Crippen LogP contribution in [0.3, 0.4) is 0 Å². The lowest BCUT2D eigenvalue weighted by molar-refractivity contribution is -0.132. The number of fused-ring (bicyclic) bond motifs is 1. The second kappa shape index (κ2) is 15.8. The first-order valence-corrected chi connectivity index (χ1v) is 15.5. The largest absolute Gasteiger partial charge is 0.347 e. The quantitative estimate of drug-likeness (QED) is 0.194. The molecule has 1 heterocycles. The van der Waals surface area contributed by atoms with E-state index in [4.69, 9.17) is 0 Å². The number of piperidine rings is 1. The number of carbonyl (C=O) groups is 2. The van der Waals surface area contributed by atoms with Crippen LogP contribution in [0.5, 0.6) is 0 Å². The zero-order chi connectivity index (χ0) is 30.1. The van der Waals surface area contributed by atoms with Crippen LogP contribution < -0.4 is 10.6 Å². The van der Waals surface area contributed by atoms with Crippen molar-refractivity contribution < 1.29 is 9.59 Å². The highest BCUT2D eigenvalue weighted by Crippen LogP contribution is 2.33. The van der Waals surface area contributed by atoms with Crippen molar-refractivity contribution in [1.82, 2.24) is 20.4 Å². The highest BCUT2D eigenvalue weighted by Gasteiger charge is 2.36. The minimum Gasteiger partial charge on any atom is -0.347 e. The van der Waals surface area contributed by atoms with E-state index in [-0.39, 0.29) is 35.8 Å². The molecule has 232 valence electrons. The molecule has 0 spiro atoms. The summed E-state index contributed by atoms with van der Waals surface area (Å²) in [5.74, 6) is 0.124. The molecule has 0 aliphatic carbocycles. The molecule has 6 nitrogen and oxygen atoms in total. The maximum Gasteiger partial charge on any atom is 0.240 e. The molecule has 2 N–H and O–H groups in total. The summed E-state index contributed by atoms with van der Waals surface area (Å²) in [5.41, 5.74) is 3.16. The highest BCUT2D eigenvalue weighted by molar-refractivity contribution is 5.85. The van der Waals surface area contributed by atoms with Gasteiger partial charge in [-0.05, 0) is 66.2 Å². The molecule has 44 heavy (non-hydrogen) atoms. The Hall–Kier alpha value is -3.71. The summed E-state index contributed by atoms with van der Waals surface area (Å²) in [5, 5.41) is 9.29. The zero-order valence-corrected chi connectivity index (χ0v) is 26.7. The van der Waals surface area contributed by atoms with E-state index in [1.54, 1.807) is 6.92 Å². The van der Waals surface area contributed by atoms with Gasteiger partial charge in [0.2, 0.25) is 11.8 Å². The third-order valence-corrected chi connectivity index (χ3v) is 8.68. The lowest BCUT2D eigenvalue weighted by atomic mass is 9.80. The van der Waals surface area contributed by atoms with Crippen molar-refractivity contribution in [2.75, 3.05) is 33.2 Å². The SMILES string of the molecule is CC(=O)NC1(c2ccccc2)CCN(CCCN[C@@H](Cc2ccc3ccccc3c2)C(=O)N(C)Cc2ccccc2)CC1.Cl. The normalized spacial score (nSPS) is 15.2. The zero-order valence-electron chi connectivity index (χ0n) is 25.9. The van der Waals surface area contributed by atoms with Crippen LogP contribution in [0.1, 0.15) is 42.9 Å². The summed E-state index contributed by atoms with van der Waals surface area (Å²) in [6, 6.07) is 35.0. The number of likely N-dealkylation sites (N-methyl/N-ethyl adjacent to an activating group) is 1. The molecule has 0 bridgehead atoms. The molecule has 0 unspecified atom stereocenters. The third kappa shape index (κ3) is 8.69. The molecule has 4 aromatic carbocycles. The third-order valence-electron chi connectivity index (χ3n) is 8.68. The summed E-state index contributed by atoms with van der Waals surface area (Å²) in [4.78, 5) is 30.1. The van der Waals surface area contributed by atoms with Crippen molar-refractivity contribution >= 4 is 35.0 Å². The Morgan fingerprint density at radius 1 is 0.841 bits per heavy atom. The van der Waals surface area contributed by atoms with Crippen molar-refractivity contribution in [2.45, 2.75) is 50.7 Å². The number of nitrogens with zero attached hydrogens (tertiary/aromatic N) is 2. The summed E-state index contributed by atoms with van der Waals surface area (Å²) in [6.07, 6.45) is 3.36.